The van der Waals surface area contributed by atoms with Gasteiger partial charge in [-0.3, -0.25) is 13.8 Å². The minimum atomic E-state index is -3.85. The normalized spacial score (nSPS) is 11.5. The van der Waals surface area contributed by atoms with Crippen LogP contribution in [0, 0.1) is 0 Å². The number of carbonyl (C=O) groups excluding carboxylic acids is 1. The molecular weight excluding hydrogens is 574 g/mol. The average molecular weight is 600 g/mol. The standard InChI is InChI=1S/C28H26ClN3O6S2/c1-38-25-15-9-23(10-16-25)31-40(36,37)26-17-11-22(12-18-26)30-28(33)20-7-13-24(14-8-20)32(39(2,34)35)19-21-5-3-4-6-27(21)29/h3-18,31H,19H2,1-2H3,(H,30,33). The Bertz CT molecular complexity index is 1710. The summed E-state index contributed by atoms with van der Waals surface area (Å²) in [6.07, 6.45) is 1.10. The molecule has 4 rings (SSSR count). The van der Waals surface area contributed by atoms with E-state index in [2.05, 4.69) is 10.0 Å². The summed E-state index contributed by atoms with van der Waals surface area (Å²) in [4.78, 5) is 12.8. The second kappa shape index (κ2) is 12.0. The van der Waals surface area contributed by atoms with Crippen LogP contribution in [0.5, 0.6) is 5.75 Å². The van der Waals surface area contributed by atoms with Crippen LogP contribution in [0.1, 0.15) is 15.9 Å². The first-order valence-corrected chi connectivity index (χ1v) is 15.6. The third-order valence-corrected chi connectivity index (χ3v) is 8.76. The number of sulfonamides is 2. The molecule has 0 aliphatic rings. The molecule has 0 radical (unpaired) electrons. The molecule has 0 aliphatic carbocycles. The van der Waals surface area contributed by atoms with Crippen LogP contribution in [-0.4, -0.2) is 36.1 Å². The molecule has 0 aliphatic heterocycles. The lowest BCUT2D eigenvalue weighted by atomic mass is 10.1. The number of hydrogen-bond acceptors (Lipinski definition) is 6. The maximum absolute atomic E-state index is 12.8. The molecule has 0 atom stereocenters. The van der Waals surface area contributed by atoms with Gasteiger partial charge in [-0.2, -0.15) is 0 Å². The van der Waals surface area contributed by atoms with Gasteiger partial charge in [0.2, 0.25) is 10.0 Å². The number of nitrogens with zero attached hydrogens (tertiary/aromatic N) is 1. The number of nitrogens with one attached hydrogen (secondary N) is 2. The molecular formula is C28H26ClN3O6S2. The minimum absolute atomic E-state index is 0.0186. The predicted molar refractivity (Wildman–Crippen MR) is 157 cm³/mol. The molecule has 4 aromatic rings. The number of methoxy groups -OCH3 is 1. The Balaban J connectivity index is 1.44. The highest BCUT2D eigenvalue weighted by Crippen LogP contribution is 2.25. The van der Waals surface area contributed by atoms with E-state index in [1.165, 1.54) is 59.9 Å². The Kier molecular flexibility index (Phi) is 8.67. The smallest absolute Gasteiger partial charge is 0.261 e. The van der Waals surface area contributed by atoms with Crippen LogP contribution in [0.15, 0.2) is 102 Å². The van der Waals surface area contributed by atoms with Crippen molar-refractivity contribution in [3.8, 4) is 5.75 Å². The Labute approximate surface area is 238 Å². The molecule has 40 heavy (non-hydrogen) atoms. The van der Waals surface area contributed by atoms with Gasteiger partial charge in [-0.05, 0) is 84.4 Å². The van der Waals surface area contributed by atoms with E-state index in [4.69, 9.17) is 16.3 Å². The Morgan fingerprint density at radius 1 is 0.825 bits per heavy atom. The minimum Gasteiger partial charge on any atom is -0.497 e. The predicted octanol–water partition coefficient (Wildman–Crippen LogP) is 5.37. The number of halogens is 1. The molecule has 0 fully saturated rings. The van der Waals surface area contributed by atoms with Crippen LogP contribution in [0.3, 0.4) is 0 Å². The van der Waals surface area contributed by atoms with Crippen LogP contribution in [0.4, 0.5) is 17.1 Å². The van der Waals surface area contributed by atoms with Gasteiger partial charge >= 0.3 is 0 Å². The van der Waals surface area contributed by atoms with Crippen LogP contribution in [-0.2, 0) is 26.6 Å². The number of rotatable bonds is 10. The second-order valence-electron chi connectivity index (χ2n) is 8.72. The van der Waals surface area contributed by atoms with Gasteiger partial charge in [0, 0.05) is 22.0 Å². The number of anilines is 3. The topological polar surface area (TPSA) is 122 Å². The molecule has 0 aromatic heterocycles. The zero-order chi connectivity index (χ0) is 28.9. The van der Waals surface area contributed by atoms with Gasteiger partial charge < -0.3 is 10.1 Å². The molecule has 0 saturated carbocycles. The van der Waals surface area contributed by atoms with Crippen LogP contribution < -0.4 is 19.1 Å². The van der Waals surface area contributed by atoms with Crippen molar-refractivity contribution in [3.05, 3.63) is 113 Å². The summed E-state index contributed by atoms with van der Waals surface area (Å²) in [6.45, 7) is 0.0344. The Morgan fingerprint density at radius 2 is 1.43 bits per heavy atom. The van der Waals surface area contributed by atoms with Gasteiger partial charge in [0.05, 0.1) is 30.5 Å². The van der Waals surface area contributed by atoms with E-state index in [0.29, 0.717) is 33.4 Å². The molecule has 4 aromatic carbocycles. The van der Waals surface area contributed by atoms with E-state index in [9.17, 15) is 21.6 Å². The molecule has 12 heteroatoms. The maximum atomic E-state index is 12.8. The highest BCUT2D eigenvalue weighted by Gasteiger charge is 2.20. The fraction of sp³-hybridized carbons (Fsp3) is 0.107. The average Bonchev–Trinajstić information content (AvgIpc) is 2.92. The van der Waals surface area contributed by atoms with Crippen LogP contribution in [0.2, 0.25) is 5.02 Å². The summed E-state index contributed by atoms with van der Waals surface area (Å²) in [6, 6.07) is 25.2. The molecule has 9 nitrogen and oxygen atoms in total. The summed E-state index contributed by atoms with van der Waals surface area (Å²) >= 11 is 6.22. The summed E-state index contributed by atoms with van der Waals surface area (Å²) in [5, 5.41) is 3.15. The maximum Gasteiger partial charge on any atom is 0.261 e. The third-order valence-electron chi connectivity index (χ3n) is 5.85. The molecule has 0 bridgehead atoms. The van der Waals surface area contributed by atoms with Gasteiger partial charge in [-0.1, -0.05) is 29.8 Å². The van der Waals surface area contributed by atoms with Gasteiger partial charge in [-0.15, -0.1) is 0 Å². The number of ether oxygens (including phenoxy) is 1. The van der Waals surface area contributed by atoms with Crippen molar-refractivity contribution in [2.75, 3.05) is 27.7 Å². The Hall–Kier alpha value is -4.06. The van der Waals surface area contributed by atoms with E-state index in [0.717, 1.165) is 6.26 Å². The second-order valence-corrected chi connectivity index (χ2v) is 12.7. The monoisotopic (exact) mass is 599 g/mol. The van der Waals surface area contributed by atoms with E-state index in [1.54, 1.807) is 48.5 Å². The van der Waals surface area contributed by atoms with E-state index < -0.39 is 26.0 Å². The van der Waals surface area contributed by atoms with Crippen molar-refractivity contribution in [2.45, 2.75) is 11.4 Å². The van der Waals surface area contributed by atoms with Gasteiger partial charge in [0.1, 0.15) is 5.75 Å². The zero-order valence-corrected chi connectivity index (χ0v) is 23.9. The van der Waals surface area contributed by atoms with Gasteiger partial charge in [0.25, 0.3) is 15.9 Å². The van der Waals surface area contributed by atoms with E-state index in [-0.39, 0.29) is 17.0 Å². The quantitative estimate of drug-likeness (QED) is 0.253. The molecule has 0 saturated heterocycles. The lowest BCUT2D eigenvalue weighted by Crippen LogP contribution is -2.29. The molecule has 2 N–H and O–H groups in total. The van der Waals surface area contributed by atoms with Crippen molar-refractivity contribution in [2.24, 2.45) is 0 Å². The molecule has 0 heterocycles. The fourth-order valence-electron chi connectivity index (χ4n) is 3.75. The highest BCUT2D eigenvalue weighted by molar-refractivity contribution is 7.92. The summed E-state index contributed by atoms with van der Waals surface area (Å²) in [5.74, 6) is 0.151. The lowest BCUT2D eigenvalue weighted by Gasteiger charge is -2.23. The highest BCUT2D eigenvalue weighted by atomic mass is 35.5. The van der Waals surface area contributed by atoms with Crippen molar-refractivity contribution in [1.82, 2.24) is 0 Å². The first-order chi connectivity index (χ1) is 19.0. The first kappa shape index (κ1) is 28.9. The summed E-state index contributed by atoms with van der Waals surface area (Å²) < 4.78 is 59.2. The molecule has 208 valence electrons. The summed E-state index contributed by atoms with van der Waals surface area (Å²) in [5.41, 5.74) is 2.06. The van der Waals surface area contributed by atoms with Gasteiger partial charge in [-0.25, -0.2) is 16.8 Å². The van der Waals surface area contributed by atoms with E-state index >= 15 is 0 Å². The third kappa shape index (κ3) is 7.12. The van der Waals surface area contributed by atoms with Crippen molar-refractivity contribution in [3.63, 3.8) is 0 Å². The lowest BCUT2D eigenvalue weighted by molar-refractivity contribution is 0.102. The molecule has 0 spiro atoms. The van der Waals surface area contributed by atoms with Crippen molar-refractivity contribution >= 4 is 54.6 Å². The number of amides is 1. The number of benzene rings is 4. The van der Waals surface area contributed by atoms with Crippen molar-refractivity contribution in [1.29, 1.82) is 0 Å². The number of hydrogen-bond donors (Lipinski definition) is 2. The number of carbonyl (C=O) groups is 1. The summed E-state index contributed by atoms with van der Waals surface area (Å²) in [7, 11) is -5.97. The zero-order valence-electron chi connectivity index (χ0n) is 21.5. The van der Waals surface area contributed by atoms with Crippen LogP contribution in [0.25, 0.3) is 0 Å². The molecule has 0 unspecified atom stereocenters. The largest absolute Gasteiger partial charge is 0.497 e. The SMILES string of the molecule is COc1ccc(NS(=O)(=O)c2ccc(NC(=O)c3ccc(N(Cc4ccccc4Cl)S(C)(=O)=O)cc3)cc2)cc1. The fourth-order valence-corrected chi connectivity index (χ4v) is 5.89. The van der Waals surface area contributed by atoms with Crippen LogP contribution >= 0.6 is 11.6 Å². The molecule has 1 amide bonds. The first-order valence-electron chi connectivity index (χ1n) is 11.9. The van der Waals surface area contributed by atoms with Crippen molar-refractivity contribution < 1.29 is 26.4 Å². The van der Waals surface area contributed by atoms with E-state index in [1.807, 2.05) is 0 Å². The Morgan fingerprint density at radius 3 is 2.00 bits per heavy atom. The van der Waals surface area contributed by atoms with Gasteiger partial charge in [0.15, 0.2) is 0 Å².